The van der Waals surface area contributed by atoms with Gasteiger partial charge in [0.1, 0.15) is 16.5 Å². The normalized spacial score (nSPS) is 11.4. The minimum absolute atomic E-state index is 0.0159. The van der Waals surface area contributed by atoms with E-state index in [1.54, 1.807) is 49.4 Å². The van der Waals surface area contributed by atoms with Crippen molar-refractivity contribution in [1.29, 1.82) is 5.26 Å². The topological polar surface area (TPSA) is 105 Å². The summed E-state index contributed by atoms with van der Waals surface area (Å²) in [7, 11) is -4.12. The van der Waals surface area contributed by atoms with Gasteiger partial charge in [0.15, 0.2) is 11.5 Å². The number of amides is 1. The third-order valence-electron chi connectivity index (χ3n) is 4.32. The average Bonchev–Trinajstić information content (AvgIpc) is 2.80. The molecule has 3 rings (SSSR count). The van der Waals surface area contributed by atoms with Gasteiger partial charge in [0.2, 0.25) is 0 Å². The van der Waals surface area contributed by atoms with E-state index in [0.29, 0.717) is 16.3 Å². The number of nitriles is 1. The molecule has 0 aromatic heterocycles. The van der Waals surface area contributed by atoms with E-state index in [9.17, 15) is 18.5 Å². The van der Waals surface area contributed by atoms with Gasteiger partial charge in [-0.05, 0) is 77.0 Å². The number of hydrogen-bond donors (Lipinski definition) is 1. The molecular weight excluding hydrogens is 544 g/mol. The summed E-state index contributed by atoms with van der Waals surface area (Å²) >= 11 is 9.24. The van der Waals surface area contributed by atoms with Gasteiger partial charge in [0.25, 0.3) is 5.91 Å². The lowest BCUT2D eigenvalue weighted by Gasteiger charge is -2.14. The molecule has 1 amide bonds. The Kier molecular flexibility index (Phi) is 8.34. The van der Waals surface area contributed by atoms with Crippen LogP contribution in [-0.4, -0.2) is 20.9 Å². The molecule has 0 aliphatic carbocycles. The number of rotatable bonds is 8. The molecule has 0 fully saturated rings. The highest BCUT2D eigenvalue weighted by Gasteiger charge is 2.22. The van der Waals surface area contributed by atoms with Crippen molar-refractivity contribution in [2.24, 2.45) is 0 Å². The molecule has 0 radical (unpaired) electrons. The highest BCUT2D eigenvalue weighted by atomic mass is 79.9. The maximum atomic E-state index is 12.7. The predicted molar refractivity (Wildman–Crippen MR) is 133 cm³/mol. The number of ether oxygens (including phenoxy) is 1. The third kappa shape index (κ3) is 6.38. The first-order chi connectivity index (χ1) is 16.2. The Morgan fingerprint density at radius 2 is 1.88 bits per heavy atom. The molecule has 0 aliphatic rings. The molecule has 7 nitrogen and oxygen atoms in total. The second-order valence-corrected chi connectivity index (χ2v) is 9.58. The molecule has 174 valence electrons. The van der Waals surface area contributed by atoms with Crippen LogP contribution in [0.25, 0.3) is 6.08 Å². The van der Waals surface area contributed by atoms with Gasteiger partial charge in [0.05, 0.1) is 11.1 Å². The van der Waals surface area contributed by atoms with Gasteiger partial charge in [-0.3, -0.25) is 4.79 Å². The van der Waals surface area contributed by atoms with Gasteiger partial charge in [-0.2, -0.15) is 13.7 Å². The Morgan fingerprint density at radius 1 is 1.15 bits per heavy atom. The molecule has 0 spiro atoms. The lowest BCUT2D eigenvalue weighted by Crippen LogP contribution is -2.13. The Balaban J connectivity index is 1.94. The molecule has 0 atom stereocenters. The van der Waals surface area contributed by atoms with Gasteiger partial charge in [-0.1, -0.05) is 35.9 Å². The monoisotopic (exact) mass is 560 g/mol. The molecule has 0 saturated carbocycles. The fraction of sp³-hybridized carbons (Fsp3) is 0.0833. The second-order valence-electron chi connectivity index (χ2n) is 6.75. The van der Waals surface area contributed by atoms with E-state index in [1.807, 2.05) is 6.07 Å². The second kappa shape index (κ2) is 11.2. The first-order valence-electron chi connectivity index (χ1n) is 9.88. The van der Waals surface area contributed by atoms with Crippen LogP contribution in [0.5, 0.6) is 11.5 Å². The smallest absolute Gasteiger partial charge is 0.339 e. The molecule has 0 bridgehead atoms. The average molecular weight is 562 g/mol. The summed E-state index contributed by atoms with van der Waals surface area (Å²) in [5, 5.41) is 12.6. The number of halogens is 2. The largest absolute Gasteiger partial charge is 0.490 e. The number of anilines is 1. The fourth-order valence-corrected chi connectivity index (χ4v) is 4.66. The third-order valence-corrected chi connectivity index (χ3v) is 6.37. The molecule has 0 heterocycles. The summed E-state index contributed by atoms with van der Waals surface area (Å²) in [6, 6.07) is 19.1. The maximum absolute atomic E-state index is 12.7. The highest BCUT2D eigenvalue weighted by Crippen LogP contribution is 2.39. The Labute approximate surface area is 210 Å². The molecule has 0 saturated heterocycles. The van der Waals surface area contributed by atoms with Gasteiger partial charge >= 0.3 is 10.1 Å². The molecule has 34 heavy (non-hydrogen) atoms. The van der Waals surface area contributed by atoms with Gasteiger partial charge in [-0.25, -0.2) is 0 Å². The Hall–Kier alpha value is -3.32. The van der Waals surface area contributed by atoms with Crippen LogP contribution in [0, 0.1) is 11.3 Å². The Morgan fingerprint density at radius 3 is 2.53 bits per heavy atom. The zero-order valence-corrected chi connectivity index (χ0v) is 20.9. The molecule has 0 aliphatic heterocycles. The quantitative estimate of drug-likeness (QED) is 0.211. The summed E-state index contributed by atoms with van der Waals surface area (Å²) in [5.41, 5.74) is 0.669. The number of hydrogen-bond acceptors (Lipinski definition) is 6. The van der Waals surface area contributed by atoms with E-state index in [4.69, 9.17) is 20.5 Å². The number of carbonyl (C=O) groups excluding carboxylic acids is 1. The van der Waals surface area contributed by atoms with Crippen LogP contribution in [-0.2, 0) is 14.9 Å². The highest BCUT2D eigenvalue weighted by molar-refractivity contribution is 9.10. The summed E-state index contributed by atoms with van der Waals surface area (Å²) in [4.78, 5) is 12.6. The number of carbonyl (C=O) groups is 1. The van der Waals surface area contributed by atoms with Crippen molar-refractivity contribution in [1.82, 2.24) is 0 Å². The summed E-state index contributed by atoms with van der Waals surface area (Å²) in [6.45, 7) is 1.95. The van der Waals surface area contributed by atoms with Gasteiger partial charge in [-0.15, -0.1) is 0 Å². The van der Waals surface area contributed by atoms with Crippen LogP contribution in [0.15, 0.2) is 81.7 Å². The lowest BCUT2D eigenvalue weighted by atomic mass is 10.1. The van der Waals surface area contributed by atoms with Gasteiger partial charge in [0, 0.05) is 10.7 Å². The number of nitrogens with zero attached hydrogens (tertiary/aromatic N) is 1. The minimum Gasteiger partial charge on any atom is -0.490 e. The molecule has 3 aromatic carbocycles. The first-order valence-corrected chi connectivity index (χ1v) is 12.5. The zero-order valence-electron chi connectivity index (χ0n) is 17.8. The van der Waals surface area contributed by atoms with E-state index >= 15 is 0 Å². The van der Waals surface area contributed by atoms with Gasteiger partial charge < -0.3 is 14.2 Å². The van der Waals surface area contributed by atoms with Crippen LogP contribution < -0.4 is 14.2 Å². The predicted octanol–water partition coefficient (Wildman–Crippen LogP) is 5.81. The van der Waals surface area contributed by atoms with Crippen LogP contribution in [0.4, 0.5) is 5.69 Å². The lowest BCUT2D eigenvalue weighted by molar-refractivity contribution is -0.112. The number of benzene rings is 3. The van der Waals surface area contributed by atoms with Crippen molar-refractivity contribution < 1.29 is 22.1 Å². The van der Waals surface area contributed by atoms with E-state index in [0.717, 1.165) is 0 Å². The Bertz CT molecular complexity index is 1390. The van der Waals surface area contributed by atoms with Crippen molar-refractivity contribution in [3.63, 3.8) is 0 Å². The van der Waals surface area contributed by atoms with E-state index < -0.39 is 16.0 Å². The van der Waals surface area contributed by atoms with Crippen LogP contribution >= 0.6 is 27.5 Å². The zero-order chi connectivity index (χ0) is 24.7. The van der Waals surface area contributed by atoms with E-state index in [1.165, 1.54) is 30.3 Å². The molecular formula is C24H18BrClN2O5S. The van der Waals surface area contributed by atoms with Crippen molar-refractivity contribution >= 4 is 55.3 Å². The summed E-state index contributed by atoms with van der Waals surface area (Å²) < 4.78 is 36.6. The first kappa shape index (κ1) is 25.3. The van der Waals surface area contributed by atoms with Crippen molar-refractivity contribution in [2.75, 3.05) is 11.9 Å². The minimum atomic E-state index is -4.12. The van der Waals surface area contributed by atoms with Crippen LogP contribution in [0.2, 0.25) is 5.02 Å². The van der Waals surface area contributed by atoms with E-state index in [2.05, 4.69) is 21.2 Å². The fourth-order valence-electron chi connectivity index (χ4n) is 2.84. The standard InChI is InChI=1S/C24H18BrClN2O5S/c1-2-32-22-13-16(11-17(15-27)24(29)28-19-8-6-7-18(26)14-19)12-21(25)23(22)33-34(30,31)20-9-4-3-5-10-20/h3-14H,2H2,1H3,(H,28,29)/b17-11+. The van der Waals surface area contributed by atoms with Crippen molar-refractivity contribution in [3.8, 4) is 17.6 Å². The van der Waals surface area contributed by atoms with E-state index in [-0.39, 0.29) is 33.0 Å². The van der Waals surface area contributed by atoms with Crippen LogP contribution in [0.3, 0.4) is 0 Å². The molecule has 1 N–H and O–H groups in total. The van der Waals surface area contributed by atoms with Crippen molar-refractivity contribution in [2.45, 2.75) is 11.8 Å². The maximum Gasteiger partial charge on any atom is 0.339 e. The number of nitrogens with one attached hydrogen (secondary N) is 1. The summed E-state index contributed by atoms with van der Waals surface area (Å²) in [5.74, 6) is -0.564. The van der Waals surface area contributed by atoms with Crippen LogP contribution in [0.1, 0.15) is 12.5 Å². The van der Waals surface area contributed by atoms with Crippen molar-refractivity contribution in [3.05, 3.63) is 87.4 Å². The molecule has 10 heteroatoms. The molecule has 0 unspecified atom stereocenters. The summed E-state index contributed by atoms with van der Waals surface area (Å²) in [6.07, 6.45) is 1.35. The molecule has 3 aromatic rings. The SMILES string of the molecule is CCOc1cc(/C=C(\C#N)C(=O)Nc2cccc(Cl)c2)cc(Br)c1OS(=O)(=O)c1ccccc1.